The minimum atomic E-state index is -0.482. The molecule has 0 unspecified atom stereocenters. The fraction of sp³-hybridized carbons (Fsp3) is 0.433. The van der Waals surface area contributed by atoms with Crippen molar-refractivity contribution >= 4 is 17.8 Å². The van der Waals surface area contributed by atoms with Gasteiger partial charge < -0.3 is 20.2 Å². The highest BCUT2D eigenvalue weighted by atomic mass is 16.3. The molecule has 0 saturated carbocycles. The molecule has 4 aromatic rings. The van der Waals surface area contributed by atoms with Crippen LogP contribution in [0.15, 0.2) is 42.9 Å². The predicted octanol–water partition coefficient (Wildman–Crippen LogP) is 1.32. The van der Waals surface area contributed by atoms with Crippen molar-refractivity contribution in [2.24, 2.45) is 0 Å². The largest absolute Gasteiger partial charge is 0.387 e. The number of amides is 2. The van der Waals surface area contributed by atoms with Crippen molar-refractivity contribution in [3.8, 4) is 11.1 Å². The zero-order valence-corrected chi connectivity index (χ0v) is 23.8. The molecule has 0 bridgehead atoms. The normalized spacial score (nSPS) is 17.1. The molecule has 43 heavy (non-hydrogen) atoms. The minimum Gasteiger partial charge on any atom is -0.387 e. The average Bonchev–Trinajstić information content (AvgIpc) is 3.79. The molecule has 0 atom stereocenters. The van der Waals surface area contributed by atoms with Crippen molar-refractivity contribution in [2.75, 3.05) is 31.6 Å². The van der Waals surface area contributed by atoms with Gasteiger partial charge in [0.25, 0.3) is 0 Å². The molecule has 3 aromatic heterocycles. The molecule has 3 N–H and O–H groups in total. The summed E-state index contributed by atoms with van der Waals surface area (Å²) in [5.41, 5.74) is 7.09. The van der Waals surface area contributed by atoms with Crippen LogP contribution >= 0.6 is 0 Å². The summed E-state index contributed by atoms with van der Waals surface area (Å²) in [6.07, 6.45) is 9.54. The van der Waals surface area contributed by atoms with Gasteiger partial charge in [0.2, 0.25) is 17.8 Å². The molecule has 0 spiro atoms. The van der Waals surface area contributed by atoms with Crippen LogP contribution in [0.2, 0.25) is 0 Å². The molecule has 222 valence electrons. The maximum absolute atomic E-state index is 13.3. The molecular formula is C30H34N10O3. The molecule has 1 saturated heterocycles. The monoisotopic (exact) mass is 582 g/mol. The second kappa shape index (κ2) is 11.6. The number of nitrogens with zero attached hydrogens (tertiary/aromatic N) is 8. The van der Waals surface area contributed by atoms with Crippen LogP contribution in [0.1, 0.15) is 47.0 Å². The first-order valence-electron chi connectivity index (χ1n) is 14.8. The molecule has 0 radical (unpaired) electrons. The van der Waals surface area contributed by atoms with Gasteiger partial charge in [-0.25, -0.2) is 9.97 Å². The maximum atomic E-state index is 13.3. The van der Waals surface area contributed by atoms with Crippen molar-refractivity contribution in [3.05, 3.63) is 71.1 Å². The lowest BCUT2D eigenvalue weighted by atomic mass is 9.90. The first-order valence-corrected chi connectivity index (χ1v) is 14.8. The van der Waals surface area contributed by atoms with E-state index in [4.69, 9.17) is 5.10 Å². The SMILES string of the molecule is O=C(CO)N1CCC(c2nn(CC(=O)N3CCc4[nH]nnc4C3)cc2-c2cnc(NC3Cc4ccccc4C3)nc2)CC1. The smallest absolute Gasteiger partial charge is 0.248 e. The molecule has 13 heteroatoms. The zero-order valence-electron chi connectivity index (χ0n) is 23.8. The van der Waals surface area contributed by atoms with Gasteiger partial charge in [0.1, 0.15) is 18.8 Å². The van der Waals surface area contributed by atoms with E-state index in [1.54, 1.807) is 14.5 Å². The van der Waals surface area contributed by atoms with Crippen molar-refractivity contribution in [2.45, 2.75) is 57.2 Å². The summed E-state index contributed by atoms with van der Waals surface area (Å²) in [5, 5.41) is 28.5. The number of aliphatic hydroxyl groups excluding tert-OH is 1. The van der Waals surface area contributed by atoms with Gasteiger partial charge in [0, 0.05) is 67.7 Å². The van der Waals surface area contributed by atoms with Gasteiger partial charge in [0.05, 0.1) is 17.9 Å². The number of piperidine rings is 1. The number of carbonyl (C=O) groups is 2. The van der Waals surface area contributed by atoms with Gasteiger partial charge in [-0.15, -0.1) is 5.10 Å². The Labute approximate surface area is 248 Å². The predicted molar refractivity (Wildman–Crippen MR) is 156 cm³/mol. The lowest BCUT2D eigenvalue weighted by Gasteiger charge is -2.31. The standard InChI is InChI=1S/C30H34N10O3/c41-18-28(43)38-8-5-19(6-9-38)29-24(15-40(36-29)17-27(42)39-10-7-25-26(16-39)35-37-34-25)22-13-31-30(32-14-22)33-23-11-20-3-1-2-4-21(20)12-23/h1-4,13-15,19,23,41H,5-12,16-18H2,(H,31,32,33)(H,34,35,37). The van der Waals surface area contributed by atoms with Crippen molar-refractivity contribution in [1.29, 1.82) is 0 Å². The number of H-pyrrole nitrogens is 1. The van der Waals surface area contributed by atoms with Crippen molar-refractivity contribution in [3.63, 3.8) is 0 Å². The number of aliphatic hydroxyl groups is 1. The van der Waals surface area contributed by atoms with Crippen LogP contribution in [0.3, 0.4) is 0 Å². The van der Waals surface area contributed by atoms with Gasteiger partial charge in [0.15, 0.2) is 0 Å². The molecular weight excluding hydrogens is 548 g/mol. The van der Waals surface area contributed by atoms with E-state index in [0.717, 1.165) is 41.1 Å². The second-order valence-electron chi connectivity index (χ2n) is 11.6. The van der Waals surface area contributed by atoms with Crippen LogP contribution in [-0.4, -0.2) is 94.2 Å². The highest BCUT2D eigenvalue weighted by molar-refractivity contribution is 5.77. The Bertz CT molecular complexity index is 1600. The lowest BCUT2D eigenvalue weighted by molar-refractivity contribution is -0.135. The number of benzene rings is 1. The van der Waals surface area contributed by atoms with Crippen LogP contribution in [0, 0.1) is 0 Å². The number of carbonyl (C=O) groups excluding carboxylic acids is 2. The van der Waals surface area contributed by atoms with Crippen LogP contribution in [-0.2, 0) is 41.9 Å². The summed E-state index contributed by atoms with van der Waals surface area (Å²) in [6, 6.07) is 8.75. The number of fused-ring (bicyclic) bond motifs is 2. The number of likely N-dealkylation sites (tertiary alicyclic amines) is 1. The average molecular weight is 583 g/mol. The van der Waals surface area contributed by atoms with Crippen molar-refractivity contribution in [1.82, 2.24) is 45.0 Å². The first kappa shape index (κ1) is 27.2. The number of anilines is 1. The maximum Gasteiger partial charge on any atom is 0.248 e. The summed E-state index contributed by atoms with van der Waals surface area (Å²) < 4.78 is 1.71. The Morgan fingerprint density at radius 2 is 1.74 bits per heavy atom. The number of hydrogen-bond acceptors (Lipinski definition) is 9. The summed E-state index contributed by atoms with van der Waals surface area (Å²) in [5.74, 6) is 0.384. The lowest BCUT2D eigenvalue weighted by Crippen LogP contribution is -2.39. The summed E-state index contributed by atoms with van der Waals surface area (Å²) in [4.78, 5) is 38.1. The van der Waals surface area contributed by atoms with E-state index in [1.165, 1.54) is 11.1 Å². The molecule has 1 aliphatic carbocycles. The minimum absolute atomic E-state index is 0.0361. The third-order valence-corrected chi connectivity index (χ3v) is 8.83. The second-order valence-corrected chi connectivity index (χ2v) is 11.6. The number of nitrogens with one attached hydrogen (secondary N) is 2. The zero-order chi connectivity index (χ0) is 29.3. The number of rotatable bonds is 7. The summed E-state index contributed by atoms with van der Waals surface area (Å²) in [6.45, 7) is 1.74. The highest BCUT2D eigenvalue weighted by Crippen LogP contribution is 2.35. The molecule has 5 heterocycles. The van der Waals surface area contributed by atoms with Crippen LogP contribution in [0.5, 0.6) is 0 Å². The first-order chi connectivity index (χ1) is 21.0. The van der Waals surface area contributed by atoms with Gasteiger partial charge in [-0.2, -0.15) is 5.10 Å². The molecule has 2 aliphatic heterocycles. The van der Waals surface area contributed by atoms with Crippen LogP contribution in [0.25, 0.3) is 11.1 Å². The fourth-order valence-electron chi connectivity index (χ4n) is 6.48. The molecule has 3 aliphatic rings. The Balaban J connectivity index is 1.09. The summed E-state index contributed by atoms with van der Waals surface area (Å²) in [7, 11) is 0. The van der Waals surface area contributed by atoms with Crippen molar-refractivity contribution < 1.29 is 14.7 Å². The van der Waals surface area contributed by atoms with E-state index in [9.17, 15) is 14.7 Å². The van der Waals surface area contributed by atoms with E-state index >= 15 is 0 Å². The molecule has 2 amide bonds. The Kier molecular flexibility index (Phi) is 7.31. The van der Waals surface area contributed by atoms with E-state index < -0.39 is 6.61 Å². The van der Waals surface area contributed by atoms with Gasteiger partial charge in [-0.1, -0.05) is 29.5 Å². The quantitative estimate of drug-likeness (QED) is 0.292. The van der Waals surface area contributed by atoms with Gasteiger partial charge in [-0.05, 0) is 36.8 Å². The Morgan fingerprint density at radius 3 is 2.47 bits per heavy atom. The third-order valence-electron chi connectivity index (χ3n) is 8.83. The molecule has 1 aromatic carbocycles. The molecule has 13 nitrogen and oxygen atoms in total. The Morgan fingerprint density at radius 1 is 1.00 bits per heavy atom. The topological polar surface area (TPSA) is 158 Å². The van der Waals surface area contributed by atoms with E-state index in [0.29, 0.717) is 51.4 Å². The Hall–Kier alpha value is -4.65. The van der Waals surface area contributed by atoms with Gasteiger partial charge >= 0.3 is 0 Å². The van der Waals surface area contributed by atoms with E-state index in [-0.39, 0.29) is 30.3 Å². The highest BCUT2D eigenvalue weighted by Gasteiger charge is 2.29. The molecule has 1 fully saturated rings. The van der Waals surface area contributed by atoms with E-state index in [1.807, 2.05) is 18.6 Å². The van der Waals surface area contributed by atoms with E-state index in [2.05, 4.69) is 55.0 Å². The molecule has 7 rings (SSSR count). The third kappa shape index (κ3) is 5.59. The van der Waals surface area contributed by atoms with Crippen LogP contribution in [0.4, 0.5) is 5.95 Å². The number of aromatic amines is 1. The fourth-order valence-corrected chi connectivity index (χ4v) is 6.48. The van der Waals surface area contributed by atoms with Gasteiger partial charge in [-0.3, -0.25) is 19.4 Å². The number of hydrogen-bond donors (Lipinski definition) is 3. The van der Waals surface area contributed by atoms with Crippen LogP contribution < -0.4 is 5.32 Å². The summed E-state index contributed by atoms with van der Waals surface area (Å²) >= 11 is 0. The number of aromatic nitrogens is 7.